The molecule has 2 aromatic carbocycles. The van der Waals surface area contributed by atoms with Gasteiger partial charge in [0.25, 0.3) is 5.91 Å². The number of carbonyl (C=O) groups is 1. The average molecular weight is 344 g/mol. The lowest BCUT2D eigenvalue weighted by Crippen LogP contribution is -2.59. The number of hydrogen-bond donors (Lipinski definition) is 2. The highest BCUT2D eigenvalue weighted by Crippen LogP contribution is 2.41. The number of hydrazine groups is 1. The van der Waals surface area contributed by atoms with Crippen LogP contribution in [0.2, 0.25) is 0 Å². The third-order valence-electron chi connectivity index (χ3n) is 3.99. The molecule has 1 heterocycles. The number of aryl methyl sites for hydroxylation is 1. The molecular weight excluding hydrogens is 326 g/mol. The van der Waals surface area contributed by atoms with Crippen molar-refractivity contribution < 1.29 is 9.90 Å². The van der Waals surface area contributed by atoms with E-state index in [1.54, 1.807) is 6.92 Å². The maximum atomic E-state index is 11.9. The molecule has 0 saturated heterocycles. The normalized spacial score (nSPS) is 19.5. The van der Waals surface area contributed by atoms with Crippen molar-refractivity contribution in [3.05, 3.63) is 65.2 Å². The Balaban J connectivity index is 2.24. The minimum atomic E-state index is -1.57. The van der Waals surface area contributed by atoms with E-state index in [-0.39, 0.29) is 5.88 Å². The molecule has 3 rings (SSSR count). The van der Waals surface area contributed by atoms with Gasteiger partial charge in [-0.15, -0.1) is 11.6 Å². The molecule has 0 bridgehead atoms. The zero-order valence-corrected chi connectivity index (χ0v) is 14.2. The highest BCUT2D eigenvalue weighted by Gasteiger charge is 2.44. The van der Waals surface area contributed by atoms with Crippen molar-refractivity contribution in [3.63, 3.8) is 0 Å². The first-order valence-electron chi connectivity index (χ1n) is 7.57. The van der Waals surface area contributed by atoms with Gasteiger partial charge >= 0.3 is 0 Å². The number of amidine groups is 1. The van der Waals surface area contributed by atoms with Gasteiger partial charge in [-0.1, -0.05) is 42.0 Å². The second-order valence-corrected chi connectivity index (χ2v) is 5.99. The maximum Gasteiger partial charge on any atom is 0.253 e. The minimum absolute atomic E-state index is 0.213. The summed E-state index contributed by atoms with van der Waals surface area (Å²) in [5, 5.41) is 13.1. The van der Waals surface area contributed by atoms with Crippen LogP contribution >= 0.6 is 11.6 Å². The molecule has 0 fully saturated rings. The quantitative estimate of drug-likeness (QED) is 0.842. The van der Waals surface area contributed by atoms with Crippen LogP contribution < -0.4 is 5.43 Å². The molecular formula is C18H18ClN3O2. The number of benzene rings is 2. The number of aliphatic hydroxyl groups is 1. The predicted molar refractivity (Wildman–Crippen MR) is 94.1 cm³/mol. The van der Waals surface area contributed by atoms with Crippen molar-refractivity contribution >= 4 is 29.0 Å². The number of halogens is 1. The van der Waals surface area contributed by atoms with Crippen LogP contribution in [0.4, 0.5) is 5.69 Å². The van der Waals surface area contributed by atoms with E-state index in [1.807, 2.05) is 55.5 Å². The number of alkyl halides is 1. The van der Waals surface area contributed by atoms with Crippen LogP contribution in [0.15, 0.2) is 53.5 Å². The van der Waals surface area contributed by atoms with Crippen molar-refractivity contribution in [3.8, 4) is 0 Å². The van der Waals surface area contributed by atoms with Crippen LogP contribution in [0.3, 0.4) is 0 Å². The lowest BCUT2D eigenvalue weighted by Gasteiger charge is -2.44. The van der Waals surface area contributed by atoms with Gasteiger partial charge < -0.3 is 5.11 Å². The van der Waals surface area contributed by atoms with E-state index in [4.69, 9.17) is 11.6 Å². The first-order valence-corrected chi connectivity index (χ1v) is 8.10. The Hall–Kier alpha value is -2.37. The lowest BCUT2D eigenvalue weighted by atomic mass is 9.90. The van der Waals surface area contributed by atoms with E-state index < -0.39 is 11.6 Å². The van der Waals surface area contributed by atoms with Gasteiger partial charge in [-0.3, -0.25) is 10.2 Å². The Labute approximate surface area is 145 Å². The van der Waals surface area contributed by atoms with Crippen molar-refractivity contribution in [2.75, 3.05) is 5.88 Å². The number of amides is 1. The van der Waals surface area contributed by atoms with E-state index in [9.17, 15) is 9.90 Å². The summed E-state index contributed by atoms with van der Waals surface area (Å²) in [7, 11) is 0. The molecule has 0 aromatic heterocycles. The summed E-state index contributed by atoms with van der Waals surface area (Å²) in [6.07, 6.45) is 0. The van der Waals surface area contributed by atoms with Crippen molar-refractivity contribution in [1.82, 2.24) is 10.4 Å². The highest BCUT2D eigenvalue weighted by molar-refractivity contribution is 6.27. The molecule has 1 aliphatic rings. The second-order valence-electron chi connectivity index (χ2n) is 5.72. The standard InChI is InChI=1S/C18H18ClN3O2/c1-12-8-9-16-15(10-12)18(24,14-6-4-3-5-7-14)22(13(2)20-16)21-17(23)11-19/h3-10,24H,11H2,1-2H3,(H,21,23). The fourth-order valence-corrected chi connectivity index (χ4v) is 2.94. The van der Waals surface area contributed by atoms with Gasteiger partial charge in [0, 0.05) is 11.1 Å². The number of carbonyl (C=O) groups excluding carboxylic acids is 1. The number of nitrogens with zero attached hydrogens (tertiary/aromatic N) is 2. The van der Waals surface area contributed by atoms with Crippen LogP contribution in [0.1, 0.15) is 23.6 Å². The van der Waals surface area contributed by atoms with Crippen LogP contribution in [-0.4, -0.2) is 27.7 Å². The fraction of sp³-hybridized carbons (Fsp3) is 0.222. The molecule has 24 heavy (non-hydrogen) atoms. The van der Waals surface area contributed by atoms with Crippen molar-refractivity contribution in [1.29, 1.82) is 0 Å². The number of hydrogen-bond acceptors (Lipinski definition) is 4. The van der Waals surface area contributed by atoms with Gasteiger partial charge in [0.05, 0.1) is 5.69 Å². The molecule has 5 nitrogen and oxygen atoms in total. The molecule has 0 aliphatic carbocycles. The summed E-state index contributed by atoms with van der Waals surface area (Å²) >= 11 is 5.62. The van der Waals surface area contributed by atoms with Gasteiger partial charge in [-0.05, 0) is 26.0 Å². The number of nitrogens with one attached hydrogen (secondary N) is 1. The molecule has 0 saturated carbocycles. The van der Waals surface area contributed by atoms with E-state index >= 15 is 0 Å². The molecule has 1 unspecified atom stereocenters. The van der Waals surface area contributed by atoms with Crippen LogP contribution in [0.5, 0.6) is 0 Å². The topological polar surface area (TPSA) is 64.9 Å². The number of aliphatic imine (C=N–C) groups is 1. The summed E-state index contributed by atoms with van der Waals surface area (Å²) in [5.41, 5.74) is 3.96. The molecule has 1 amide bonds. The first-order chi connectivity index (χ1) is 11.5. The van der Waals surface area contributed by atoms with Gasteiger partial charge in [0.2, 0.25) is 5.72 Å². The lowest BCUT2D eigenvalue weighted by molar-refractivity contribution is -0.131. The Bertz CT molecular complexity index is 807. The molecule has 0 spiro atoms. The molecule has 1 atom stereocenters. The van der Waals surface area contributed by atoms with Crippen molar-refractivity contribution in [2.24, 2.45) is 4.99 Å². The van der Waals surface area contributed by atoms with E-state index in [1.165, 1.54) is 5.01 Å². The minimum Gasteiger partial charge on any atom is -0.362 e. The molecule has 2 aromatic rings. The average Bonchev–Trinajstić information content (AvgIpc) is 2.60. The zero-order chi connectivity index (χ0) is 17.3. The Morgan fingerprint density at radius 2 is 1.96 bits per heavy atom. The van der Waals surface area contributed by atoms with Crippen LogP contribution in [-0.2, 0) is 10.5 Å². The maximum absolute atomic E-state index is 11.9. The first kappa shape index (κ1) is 16.5. The Morgan fingerprint density at radius 1 is 1.25 bits per heavy atom. The van der Waals surface area contributed by atoms with Gasteiger partial charge in [-0.2, -0.15) is 0 Å². The third kappa shape index (κ3) is 2.66. The molecule has 124 valence electrons. The number of rotatable bonds is 3. The fourth-order valence-electron chi connectivity index (χ4n) is 2.88. The summed E-state index contributed by atoms with van der Waals surface area (Å²) in [6.45, 7) is 3.67. The second kappa shape index (κ2) is 6.26. The monoisotopic (exact) mass is 343 g/mol. The van der Waals surface area contributed by atoms with Crippen LogP contribution in [0.25, 0.3) is 0 Å². The summed E-state index contributed by atoms with van der Waals surface area (Å²) in [4.78, 5) is 16.4. The van der Waals surface area contributed by atoms with Gasteiger partial charge in [0.15, 0.2) is 0 Å². The molecule has 1 aliphatic heterocycles. The largest absolute Gasteiger partial charge is 0.362 e. The molecule has 2 N–H and O–H groups in total. The molecule has 6 heteroatoms. The number of fused-ring (bicyclic) bond motifs is 1. The van der Waals surface area contributed by atoms with Crippen molar-refractivity contribution in [2.45, 2.75) is 19.6 Å². The SMILES string of the molecule is CC1=Nc2ccc(C)cc2C(O)(c2ccccc2)N1NC(=O)CCl. The highest BCUT2D eigenvalue weighted by atomic mass is 35.5. The van der Waals surface area contributed by atoms with Gasteiger partial charge in [-0.25, -0.2) is 10.0 Å². The predicted octanol–water partition coefficient (Wildman–Crippen LogP) is 2.82. The summed E-state index contributed by atoms with van der Waals surface area (Å²) in [6, 6.07) is 14.8. The third-order valence-corrected chi connectivity index (χ3v) is 4.23. The summed E-state index contributed by atoms with van der Waals surface area (Å²) in [5.74, 6) is -0.164. The van der Waals surface area contributed by atoms with Crippen LogP contribution in [0, 0.1) is 6.92 Å². The van der Waals surface area contributed by atoms with E-state index in [0.29, 0.717) is 22.6 Å². The smallest absolute Gasteiger partial charge is 0.253 e. The summed E-state index contributed by atoms with van der Waals surface area (Å²) < 4.78 is 0. The zero-order valence-electron chi connectivity index (χ0n) is 13.5. The Kier molecular flexibility index (Phi) is 4.30. The molecule has 0 radical (unpaired) electrons. The van der Waals surface area contributed by atoms with E-state index in [2.05, 4.69) is 10.4 Å². The Morgan fingerprint density at radius 3 is 2.62 bits per heavy atom. The van der Waals surface area contributed by atoms with Gasteiger partial charge in [0.1, 0.15) is 11.7 Å². The van der Waals surface area contributed by atoms with E-state index in [0.717, 1.165) is 5.56 Å².